The Labute approximate surface area is 98.9 Å². The number of aromatic nitrogens is 1. The van der Waals surface area contributed by atoms with Gasteiger partial charge in [0.2, 0.25) is 5.91 Å². The molecule has 2 aromatic rings. The van der Waals surface area contributed by atoms with Crippen molar-refractivity contribution in [3.05, 3.63) is 53.9 Å². The summed E-state index contributed by atoms with van der Waals surface area (Å²) in [6.45, 7) is 0. The van der Waals surface area contributed by atoms with Crippen molar-refractivity contribution in [2.75, 3.05) is 5.32 Å². The number of anilines is 1. The van der Waals surface area contributed by atoms with Gasteiger partial charge in [0, 0.05) is 17.6 Å². The Bertz CT molecular complexity index is 535. The van der Waals surface area contributed by atoms with Crippen LogP contribution in [0.25, 0.3) is 0 Å². The minimum Gasteiger partial charge on any atom is -0.365 e. The van der Waals surface area contributed by atoms with E-state index in [1.807, 2.05) is 18.2 Å². The molecule has 0 radical (unpaired) electrons. The minimum absolute atomic E-state index is 0.0860. The Morgan fingerprint density at radius 2 is 2.06 bits per heavy atom. The zero-order chi connectivity index (χ0) is 12.1. The lowest BCUT2D eigenvalue weighted by Gasteiger charge is -2.04. The molecule has 0 saturated heterocycles. The van der Waals surface area contributed by atoms with Crippen molar-refractivity contribution in [1.29, 1.82) is 5.26 Å². The third-order valence-corrected chi connectivity index (χ3v) is 2.31. The maximum atomic E-state index is 11.6. The predicted molar refractivity (Wildman–Crippen MR) is 64.3 cm³/mol. The molecule has 0 saturated carbocycles. The number of carbonyl (C=O) groups is 1. The number of aromatic amines is 1. The summed E-state index contributed by atoms with van der Waals surface area (Å²) in [5.41, 5.74) is 2.14. The Balaban J connectivity index is 1.96. The number of nitriles is 1. The van der Waals surface area contributed by atoms with Crippen LogP contribution < -0.4 is 5.32 Å². The molecule has 0 unspecified atom stereocenters. The molecule has 1 amide bonds. The molecule has 0 aliphatic rings. The molecule has 0 atom stereocenters. The molecule has 1 heterocycles. The van der Waals surface area contributed by atoms with Crippen molar-refractivity contribution in [3.63, 3.8) is 0 Å². The van der Waals surface area contributed by atoms with Crippen molar-refractivity contribution in [2.24, 2.45) is 0 Å². The first-order valence-corrected chi connectivity index (χ1v) is 5.20. The van der Waals surface area contributed by atoms with Crippen LogP contribution in [0.5, 0.6) is 0 Å². The first-order valence-electron chi connectivity index (χ1n) is 5.20. The van der Waals surface area contributed by atoms with Crippen LogP contribution >= 0.6 is 0 Å². The largest absolute Gasteiger partial charge is 0.365 e. The van der Waals surface area contributed by atoms with Gasteiger partial charge in [-0.05, 0) is 36.4 Å². The van der Waals surface area contributed by atoms with E-state index in [2.05, 4.69) is 10.3 Å². The van der Waals surface area contributed by atoms with Gasteiger partial charge in [0.15, 0.2) is 0 Å². The first-order chi connectivity index (χ1) is 8.28. The number of hydrogen-bond acceptors (Lipinski definition) is 2. The molecular weight excluding hydrogens is 214 g/mol. The molecule has 4 heteroatoms. The Kier molecular flexibility index (Phi) is 3.22. The van der Waals surface area contributed by atoms with Crippen LogP contribution in [0.1, 0.15) is 11.3 Å². The molecule has 17 heavy (non-hydrogen) atoms. The number of benzene rings is 1. The number of carbonyl (C=O) groups excluding carboxylic acids is 1. The predicted octanol–water partition coefficient (Wildman–Crippen LogP) is 2.07. The van der Waals surface area contributed by atoms with Gasteiger partial charge in [-0.15, -0.1) is 0 Å². The molecule has 84 valence electrons. The van der Waals surface area contributed by atoms with Crippen LogP contribution in [-0.2, 0) is 11.2 Å². The van der Waals surface area contributed by atoms with Gasteiger partial charge in [0.25, 0.3) is 0 Å². The maximum absolute atomic E-state index is 11.6. The highest BCUT2D eigenvalue weighted by Gasteiger charge is 2.04. The fraction of sp³-hybridized carbons (Fsp3) is 0.0769. The zero-order valence-electron chi connectivity index (χ0n) is 9.10. The van der Waals surface area contributed by atoms with E-state index < -0.39 is 0 Å². The monoisotopic (exact) mass is 225 g/mol. The molecular formula is C13H11N3O. The normalized spacial score (nSPS) is 9.59. The molecule has 1 aromatic heterocycles. The van der Waals surface area contributed by atoms with Crippen molar-refractivity contribution < 1.29 is 4.79 Å². The summed E-state index contributed by atoms with van der Waals surface area (Å²) in [6.07, 6.45) is 2.09. The van der Waals surface area contributed by atoms with Crippen LogP contribution in [0.4, 0.5) is 5.69 Å². The van der Waals surface area contributed by atoms with Gasteiger partial charge in [0.05, 0.1) is 18.1 Å². The summed E-state index contributed by atoms with van der Waals surface area (Å²) in [5.74, 6) is -0.0860. The second kappa shape index (κ2) is 4.99. The van der Waals surface area contributed by atoms with Crippen molar-refractivity contribution in [3.8, 4) is 6.07 Å². The van der Waals surface area contributed by atoms with Gasteiger partial charge >= 0.3 is 0 Å². The summed E-state index contributed by atoms with van der Waals surface area (Å²) in [5, 5.41) is 11.4. The second-order valence-electron chi connectivity index (χ2n) is 3.61. The lowest BCUT2D eigenvalue weighted by Crippen LogP contribution is -2.14. The first kappa shape index (κ1) is 11.0. The Morgan fingerprint density at radius 3 is 2.65 bits per heavy atom. The van der Waals surface area contributed by atoms with Crippen LogP contribution in [0, 0.1) is 11.3 Å². The topological polar surface area (TPSA) is 68.7 Å². The van der Waals surface area contributed by atoms with E-state index in [0.29, 0.717) is 17.7 Å². The molecule has 0 aliphatic carbocycles. The fourth-order valence-electron chi connectivity index (χ4n) is 1.48. The number of hydrogen-bond donors (Lipinski definition) is 2. The molecule has 0 spiro atoms. The molecule has 2 rings (SSSR count). The minimum atomic E-state index is -0.0860. The lowest BCUT2D eigenvalue weighted by molar-refractivity contribution is -0.115. The van der Waals surface area contributed by atoms with Crippen molar-refractivity contribution >= 4 is 11.6 Å². The maximum Gasteiger partial charge on any atom is 0.230 e. The van der Waals surface area contributed by atoms with E-state index in [0.717, 1.165) is 5.69 Å². The van der Waals surface area contributed by atoms with E-state index >= 15 is 0 Å². The van der Waals surface area contributed by atoms with Gasteiger partial charge in [-0.1, -0.05) is 0 Å². The second-order valence-corrected chi connectivity index (χ2v) is 3.61. The average Bonchev–Trinajstić information content (AvgIpc) is 2.82. The quantitative estimate of drug-likeness (QED) is 0.839. The highest BCUT2D eigenvalue weighted by Crippen LogP contribution is 2.09. The van der Waals surface area contributed by atoms with E-state index in [1.54, 1.807) is 30.5 Å². The van der Waals surface area contributed by atoms with E-state index in [9.17, 15) is 4.79 Å². The number of H-pyrrole nitrogens is 1. The number of amides is 1. The summed E-state index contributed by atoms with van der Waals surface area (Å²) in [6, 6.07) is 12.5. The Hall–Kier alpha value is -2.54. The van der Waals surface area contributed by atoms with E-state index in [4.69, 9.17) is 5.26 Å². The molecule has 0 fully saturated rings. The third-order valence-electron chi connectivity index (χ3n) is 2.31. The zero-order valence-corrected chi connectivity index (χ0v) is 9.10. The van der Waals surface area contributed by atoms with E-state index in [1.165, 1.54) is 0 Å². The smallest absolute Gasteiger partial charge is 0.230 e. The summed E-state index contributed by atoms with van der Waals surface area (Å²) < 4.78 is 0. The van der Waals surface area contributed by atoms with Crippen LogP contribution in [-0.4, -0.2) is 10.9 Å². The van der Waals surface area contributed by atoms with Crippen molar-refractivity contribution in [2.45, 2.75) is 6.42 Å². The van der Waals surface area contributed by atoms with Gasteiger partial charge in [-0.2, -0.15) is 5.26 Å². The molecule has 1 aromatic carbocycles. The number of nitrogens with one attached hydrogen (secondary N) is 2. The molecule has 0 bridgehead atoms. The average molecular weight is 225 g/mol. The number of rotatable bonds is 3. The van der Waals surface area contributed by atoms with Gasteiger partial charge in [-0.3, -0.25) is 4.79 Å². The number of nitrogens with zero attached hydrogens (tertiary/aromatic N) is 1. The van der Waals surface area contributed by atoms with E-state index in [-0.39, 0.29) is 5.91 Å². The van der Waals surface area contributed by atoms with Gasteiger partial charge in [0.1, 0.15) is 0 Å². The lowest BCUT2D eigenvalue weighted by atomic mass is 10.2. The molecule has 0 aliphatic heterocycles. The summed E-state index contributed by atoms with van der Waals surface area (Å²) in [4.78, 5) is 14.6. The highest BCUT2D eigenvalue weighted by molar-refractivity contribution is 5.92. The van der Waals surface area contributed by atoms with Gasteiger partial charge < -0.3 is 10.3 Å². The third kappa shape index (κ3) is 2.95. The fourth-order valence-corrected chi connectivity index (χ4v) is 1.48. The van der Waals surface area contributed by atoms with Crippen LogP contribution in [0.2, 0.25) is 0 Å². The van der Waals surface area contributed by atoms with Gasteiger partial charge in [-0.25, -0.2) is 0 Å². The Morgan fingerprint density at radius 1 is 1.29 bits per heavy atom. The summed E-state index contributed by atoms with van der Waals surface area (Å²) in [7, 11) is 0. The van der Waals surface area contributed by atoms with Crippen LogP contribution in [0.15, 0.2) is 42.6 Å². The van der Waals surface area contributed by atoms with Crippen molar-refractivity contribution in [1.82, 2.24) is 4.98 Å². The summed E-state index contributed by atoms with van der Waals surface area (Å²) >= 11 is 0. The SMILES string of the molecule is N#Cc1ccc(NC(=O)Cc2ccc[nH]2)cc1. The standard InChI is InChI=1S/C13H11N3O/c14-9-10-3-5-11(6-4-10)16-13(17)8-12-2-1-7-15-12/h1-7,15H,8H2,(H,16,17). The van der Waals surface area contributed by atoms with Crippen LogP contribution in [0.3, 0.4) is 0 Å². The molecule has 4 nitrogen and oxygen atoms in total. The highest BCUT2D eigenvalue weighted by atomic mass is 16.1. The molecule has 2 N–H and O–H groups in total.